The molecule has 6 heteroatoms. The predicted octanol–water partition coefficient (Wildman–Crippen LogP) is 2.87. The van der Waals surface area contributed by atoms with Crippen LogP contribution in [-0.4, -0.2) is 25.4 Å². The monoisotopic (exact) mass is 284 g/mol. The molecule has 102 valence electrons. The van der Waals surface area contributed by atoms with Gasteiger partial charge in [-0.2, -0.15) is 0 Å². The Balaban J connectivity index is 2.12. The minimum absolute atomic E-state index is 0.0622. The molecule has 1 aromatic carbocycles. The molecule has 0 amide bonds. The number of hydrogen-bond donors (Lipinski definition) is 1. The molecule has 0 radical (unpaired) electrons. The van der Waals surface area contributed by atoms with Crippen molar-refractivity contribution >= 4 is 11.6 Å². The maximum Gasteiger partial charge on any atom is 0.171 e. The van der Waals surface area contributed by atoms with Crippen LogP contribution >= 0.6 is 11.6 Å². The van der Waals surface area contributed by atoms with Crippen molar-refractivity contribution in [3.8, 4) is 11.3 Å². The molecule has 1 aromatic heterocycles. The summed E-state index contributed by atoms with van der Waals surface area (Å²) in [6.07, 6.45) is 1.63. The van der Waals surface area contributed by atoms with Crippen molar-refractivity contribution in [1.82, 2.24) is 10.5 Å². The van der Waals surface area contributed by atoms with E-state index in [2.05, 4.69) is 10.5 Å². The van der Waals surface area contributed by atoms with Gasteiger partial charge in [-0.1, -0.05) is 16.8 Å². The largest absolute Gasteiger partial charge is 0.383 e. The van der Waals surface area contributed by atoms with Gasteiger partial charge in [-0.25, -0.2) is 4.39 Å². The molecule has 0 aliphatic carbocycles. The maximum atomic E-state index is 13.1. The van der Waals surface area contributed by atoms with E-state index in [-0.39, 0.29) is 5.02 Å². The molecule has 1 heterocycles. The lowest BCUT2D eigenvalue weighted by Crippen LogP contribution is -2.18. The number of nitrogens with zero attached hydrogens (tertiary/aromatic N) is 1. The van der Waals surface area contributed by atoms with Crippen molar-refractivity contribution in [3.05, 3.63) is 40.8 Å². The van der Waals surface area contributed by atoms with Crippen molar-refractivity contribution in [2.75, 3.05) is 20.3 Å². The van der Waals surface area contributed by atoms with E-state index in [1.807, 2.05) is 0 Å². The maximum absolute atomic E-state index is 13.1. The summed E-state index contributed by atoms with van der Waals surface area (Å²) in [5.74, 6) is 0.136. The highest BCUT2D eigenvalue weighted by atomic mass is 35.5. The fourth-order valence-corrected chi connectivity index (χ4v) is 1.84. The molecule has 0 fully saturated rings. The van der Waals surface area contributed by atoms with Crippen molar-refractivity contribution < 1.29 is 13.7 Å². The summed E-state index contributed by atoms with van der Waals surface area (Å²) in [6, 6.07) is 4.44. The van der Waals surface area contributed by atoms with Gasteiger partial charge in [-0.3, -0.25) is 0 Å². The lowest BCUT2D eigenvalue weighted by molar-refractivity contribution is 0.199. The smallest absolute Gasteiger partial charge is 0.171 e. The third-order valence-corrected chi connectivity index (χ3v) is 2.91. The van der Waals surface area contributed by atoms with Crippen LogP contribution < -0.4 is 5.32 Å². The third-order valence-electron chi connectivity index (χ3n) is 2.62. The molecule has 0 aliphatic heterocycles. The summed E-state index contributed by atoms with van der Waals surface area (Å²) in [6.45, 7) is 1.95. The van der Waals surface area contributed by atoms with Gasteiger partial charge in [0.25, 0.3) is 0 Å². The van der Waals surface area contributed by atoms with E-state index in [4.69, 9.17) is 20.9 Å². The molecule has 0 atom stereocenters. The highest BCUT2D eigenvalue weighted by molar-refractivity contribution is 6.31. The van der Waals surface area contributed by atoms with Gasteiger partial charge in [0.05, 0.1) is 17.8 Å². The molecule has 0 spiro atoms. The Bertz CT molecular complexity index is 545. The molecule has 0 aliphatic rings. The summed E-state index contributed by atoms with van der Waals surface area (Å²) in [4.78, 5) is 0. The second-order valence-electron chi connectivity index (χ2n) is 3.98. The number of methoxy groups -OCH3 is 1. The lowest BCUT2D eigenvalue weighted by Gasteiger charge is -2.04. The molecule has 0 unspecified atom stereocenters. The number of benzene rings is 1. The zero-order valence-corrected chi connectivity index (χ0v) is 11.2. The minimum atomic E-state index is -0.454. The molecule has 2 rings (SSSR count). The van der Waals surface area contributed by atoms with Gasteiger partial charge in [0.15, 0.2) is 5.76 Å². The Morgan fingerprint density at radius 3 is 3.05 bits per heavy atom. The molecular weight excluding hydrogens is 271 g/mol. The normalized spacial score (nSPS) is 10.9. The number of hydrogen-bond acceptors (Lipinski definition) is 4. The second-order valence-corrected chi connectivity index (χ2v) is 4.39. The van der Waals surface area contributed by atoms with E-state index < -0.39 is 5.82 Å². The Hall–Kier alpha value is -1.43. The second kappa shape index (κ2) is 6.65. The summed E-state index contributed by atoms with van der Waals surface area (Å²) in [5, 5.41) is 7.02. The number of aromatic nitrogens is 1. The van der Waals surface area contributed by atoms with Crippen molar-refractivity contribution in [2.24, 2.45) is 0 Å². The van der Waals surface area contributed by atoms with Crippen LogP contribution in [0.1, 0.15) is 5.56 Å². The van der Waals surface area contributed by atoms with Crippen LogP contribution in [-0.2, 0) is 11.3 Å². The summed E-state index contributed by atoms with van der Waals surface area (Å²) in [5.41, 5.74) is 1.59. The Labute approximate surface area is 115 Å². The van der Waals surface area contributed by atoms with Crippen LogP contribution in [0.4, 0.5) is 4.39 Å². The number of halogens is 2. The van der Waals surface area contributed by atoms with E-state index in [1.165, 1.54) is 12.1 Å². The van der Waals surface area contributed by atoms with E-state index in [1.54, 1.807) is 19.4 Å². The molecule has 0 saturated heterocycles. The van der Waals surface area contributed by atoms with Crippen LogP contribution in [0.2, 0.25) is 5.02 Å². The van der Waals surface area contributed by atoms with E-state index >= 15 is 0 Å². The molecule has 0 bridgehead atoms. The minimum Gasteiger partial charge on any atom is -0.383 e. The van der Waals surface area contributed by atoms with Gasteiger partial charge in [-0.15, -0.1) is 0 Å². The zero-order chi connectivity index (χ0) is 13.7. The van der Waals surface area contributed by atoms with E-state index in [9.17, 15) is 4.39 Å². The van der Waals surface area contributed by atoms with E-state index in [0.29, 0.717) is 24.5 Å². The van der Waals surface area contributed by atoms with Crippen molar-refractivity contribution in [2.45, 2.75) is 6.54 Å². The Morgan fingerprint density at radius 2 is 2.32 bits per heavy atom. The molecular formula is C13H14ClFN2O2. The standard InChI is InChI=1S/C13H14ClFN2O2/c1-18-5-4-16-7-10-8-17-19-13(10)9-2-3-12(15)11(14)6-9/h2-3,6,8,16H,4-5,7H2,1H3. The molecule has 0 saturated carbocycles. The topological polar surface area (TPSA) is 47.3 Å². The first kappa shape index (κ1) is 14.0. The first-order valence-electron chi connectivity index (χ1n) is 5.81. The fourth-order valence-electron chi connectivity index (χ4n) is 1.66. The van der Waals surface area contributed by atoms with Crippen LogP contribution in [0.5, 0.6) is 0 Å². The summed E-state index contributed by atoms with van der Waals surface area (Å²) in [7, 11) is 1.65. The van der Waals surface area contributed by atoms with Crippen LogP contribution in [0, 0.1) is 5.82 Å². The molecule has 4 nitrogen and oxygen atoms in total. The highest BCUT2D eigenvalue weighted by Crippen LogP contribution is 2.27. The molecule has 1 N–H and O–H groups in total. The van der Waals surface area contributed by atoms with Crippen LogP contribution in [0.3, 0.4) is 0 Å². The van der Waals surface area contributed by atoms with Gasteiger partial charge in [0, 0.05) is 31.3 Å². The van der Waals surface area contributed by atoms with Gasteiger partial charge >= 0.3 is 0 Å². The lowest BCUT2D eigenvalue weighted by atomic mass is 10.1. The van der Waals surface area contributed by atoms with Crippen LogP contribution in [0.25, 0.3) is 11.3 Å². The number of rotatable bonds is 6. The number of ether oxygens (including phenoxy) is 1. The van der Waals surface area contributed by atoms with Gasteiger partial charge < -0.3 is 14.6 Å². The van der Waals surface area contributed by atoms with Crippen LogP contribution in [0.15, 0.2) is 28.9 Å². The van der Waals surface area contributed by atoms with Crippen molar-refractivity contribution in [1.29, 1.82) is 0 Å². The fraction of sp³-hybridized carbons (Fsp3) is 0.308. The quantitative estimate of drug-likeness (QED) is 0.829. The average Bonchev–Trinajstić information content (AvgIpc) is 2.86. The molecule has 2 aromatic rings. The Morgan fingerprint density at radius 1 is 1.47 bits per heavy atom. The SMILES string of the molecule is COCCNCc1cnoc1-c1ccc(F)c(Cl)c1. The predicted molar refractivity (Wildman–Crippen MR) is 70.5 cm³/mol. The molecule has 19 heavy (non-hydrogen) atoms. The zero-order valence-electron chi connectivity index (χ0n) is 10.5. The average molecular weight is 285 g/mol. The summed E-state index contributed by atoms with van der Waals surface area (Å²) < 4.78 is 23.3. The number of nitrogens with one attached hydrogen (secondary N) is 1. The van der Waals surface area contributed by atoms with E-state index in [0.717, 1.165) is 12.1 Å². The Kier molecular flexibility index (Phi) is 4.90. The first-order chi connectivity index (χ1) is 9.22. The third kappa shape index (κ3) is 3.53. The van der Waals surface area contributed by atoms with Crippen molar-refractivity contribution in [3.63, 3.8) is 0 Å². The first-order valence-corrected chi connectivity index (χ1v) is 6.19. The van der Waals surface area contributed by atoms with Gasteiger partial charge in [-0.05, 0) is 18.2 Å². The highest BCUT2D eigenvalue weighted by Gasteiger charge is 2.12. The summed E-state index contributed by atoms with van der Waals surface area (Å²) >= 11 is 5.76. The van der Waals surface area contributed by atoms with Gasteiger partial charge in [0.1, 0.15) is 5.82 Å². The van der Waals surface area contributed by atoms with Gasteiger partial charge in [0.2, 0.25) is 0 Å².